The maximum absolute atomic E-state index is 13.6. The molecule has 0 aromatic heterocycles. The first kappa shape index (κ1) is 14.0. The van der Waals surface area contributed by atoms with Gasteiger partial charge in [-0.05, 0) is 30.2 Å². The average Bonchev–Trinajstić information content (AvgIpc) is 2.77. The molecule has 0 fully saturated rings. The van der Waals surface area contributed by atoms with Gasteiger partial charge < -0.3 is 14.9 Å². The number of rotatable bonds is 3. The second kappa shape index (κ2) is 5.13. The largest absolute Gasteiger partial charge is 0.482 e. The number of benzene rings is 2. The van der Waals surface area contributed by atoms with Crippen molar-refractivity contribution in [2.75, 3.05) is 6.61 Å². The highest BCUT2D eigenvalue weighted by Gasteiger charge is 2.46. The van der Waals surface area contributed by atoms with E-state index in [1.807, 2.05) is 24.3 Å². The third-order valence-corrected chi connectivity index (χ3v) is 4.06. The highest BCUT2D eigenvalue weighted by molar-refractivity contribution is 5.41. The highest BCUT2D eigenvalue weighted by atomic mass is 19.1. The molecule has 1 aliphatic rings. The molecular weight excluding hydrogens is 271 g/mol. The Labute approximate surface area is 122 Å². The molecule has 1 aliphatic carbocycles. The lowest BCUT2D eigenvalue weighted by Crippen LogP contribution is -2.40. The smallest absolute Gasteiger partial charge is 0.155 e. The SMILES string of the molecule is Cc1c(F)cccc1O[C@H]1c2ccccc2C[C@@]1(O)CO. The Morgan fingerprint density at radius 3 is 2.76 bits per heavy atom. The summed E-state index contributed by atoms with van der Waals surface area (Å²) in [5, 5.41) is 20.2. The predicted molar refractivity (Wildman–Crippen MR) is 76.7 cm³/mol. The molecule has 0 aliphatic heterocycles. The van der Waals surface area contributed by atoms with Gasteiger partial charge in [0.2, 0.25) is 0 Å². The van der Waals surface area contributed by atoms with Crippen LogP contribution in [0.5, 0.6) is 5.75 Å². The van der Waals surface area contributed by atoms with E-state index in [0.29, 0.717) is 17.7 Å². The fourth-order valence-electron chi connectivity index (χ4n) is 2.82. The van der Waals surface area contributed by atoms with E-state index in [1.165, 1.54) is 6.07 Å². The molecule has 0 saturated heterocycles. The third kappa shape index (κ3) is 2.30. The van der Waals surface area contributed by atoms with Gasteiger partial charge in [-0.1, -0.05) is 30.3 Å². The van der Waals surface area contributed by atoms with E-state index in [4.69, 9.17) is 4.74 Å². The molecule has 0 unspecified atom stereocenters. The zero-order valence-electron chi connectivity index (χ0n) is 11.7. The van der Waals surface area contributed by atoms with E-state index < -0.39 is 18.3 Å². The van der Waals surface area contributed by atoms with Crippen LogP contribution < -0.4 is 4.74 Å². The monoisotopic (exact) mass is 288 g/mol. The third-order valence-electron chi connectivity index (χ3n) is 4.06. The quantitative estimate of drug-likeness (QED) is 0.912. The fraction of sp³-hybridized carbons (Fsp3) is 0.294. The molecule has 0 spiro atoms. The van der Waals surface area contributed by atoms with Crippen molar-refractivity contribution in [2.24, 2.45) is 0 Å². The highest BCUT2D eigenvalue weighted by Crippen LogP contribution is 2.42. The number of ether oxygens (including phenoxy) is 1. The van der Waals surface area contributed by atoms with Gasteiger partial charge in [-0.15, -0.1) is 0 Å². The van der Waals surface area contributed by atoms with Crippen LogP contribution in [0.4, 0.5) is 4.39 Å². The molecule has 0 saturated carbocycles. The van der Waals surface area contributed by atoms with Gasteiger partial charge in [0.25, 0.3) is 0 Å². The second-order valence-corrected chi connectivity index (χ2v) is 5.50. The Morgan fingerprint density at radius 1 is 1.24 bits per heavy atom. The zero-order chi connectivity index (χ0) is 15.0. The molecule has 110 valence electrons. The van der Waals surface area contributed by atoms with Crippen molar-refractivity contribution in [2.45, 2.75) is 25.0 Å². The first-order chi connectivity index (χ1) is 10.0. The van der Waals surface area contributed by atoms with E-state index in [-0.39, 0.29) is 5.82 Å². The fourth-order valence-corrected chi connectivity index (χ4v) is 2.82. The molecular formula is C17H17FO3. The van der Waals surface area contributed by atoms with Crippen LogP contribution in [-0.2, 0) is 6.42 Å². The zero-order valence-corrected chi connectivity index (χ0v) is 11.7. The van der Waals surface area contributed by atoms with Crippen molar-refractivity contribution in [3.8, 4) is 5.75 Å². The van der Waals surface area contributed by atoms with Gasteiger partial charge in [0, 0.05) is 12.0 Å². The molecule has 2 aromatic rings. The first-order valence-electron chi connectivity index (χ1n) is 6.88. The summed E-state index contributed by atoms with van der Waals surface area (Å²) in [6, 6.07) is 12.1. The van der Waals surface area contributed by atoms with Crippen molar-refractivity contribution in [3.05, 3.63) is 65.0 Å². The molecule has 2 atom stereocenters. The van der Waals surface area contributed by atoms with Crippen LogP contribution in [-0.4, -0.2) is 22.4 Å². The molecule has 0 amide bonds. The summed E-state index contributed by atoms with van der Waals surface area (Å²) in [4.78, 5) is 0. The number of hydrogen-bond acceptors (Lipinski definition) is 3. The van der Waals surface area contributed by atoms with E-state index in [2.05, 4.69) is 0 Å². The van der Waals surface area contributed by atoms with Crippen molar-refractivity contribution >= 4 is 0 Å². The Morgan fingerprint density at radius 2 is 2.00 bits per heavy atom. The topological polar surface area (TPSA) is 49.7 Å². The summed E-state index contributed by atoms with van der Waals surface area (Å²) in [6.45, 7) is 1.21. The lowest BCUT2D eigenvalue weighted by molar-refractivity contribution is -0.0849. The van der Waals surface area contributed by atoms with Crippen LogP contribution in [0, 0.1) is 12.7 Å². The Hall–Kier alpha value is -1.91. The number of aliphatic hydroxyl groups excluding tert-OH is 1. The number of halogens is 1. The normalized spacial score (nSPS) is 23.9. The van der Waals surface area contributed by atoms with Crippen molar-refractivity contribution < 1.29 is 19.3 Å². The van der Waals surface area contributed by atoms with Crippen LogP contribution in [0.15, 0.2) is 42.5 Å². The van der Waals surface area contributed by atoms with Crippen molar-refractivity contribution in [1.29, 1.82) is 0 Å². The summed E-state index contributed by atoms with van der Waals surface area (Å²) in [6.07, 6.45) is -0.391. The molecule has 3 nitrogen and oxygen atoms in total. The lowest BCUT2D eigenvalue weighted by atomic mass is 9.98. The van der Waals surface area contributed by atoms with E-state index in [9.17, 15) is 14.6 Å². The Balaban J connectivity index is 2.01. The molecule has 0 radical (unpaired) electrons. The van der Waals surface area contributed by atoms with Crippen molar-refractivity contribution in [3.63, 3.8) is 0 Å². The summed E-state index contributed by atoms with van der Waals surface area (Å²) < 4.78 is 19.5. The second-order valence-electron chi connectivity index (χ2n) is 5.50. The van der Waals surface area contributed by atoms with Crippen LogP contribution in [0.1, 0.15) is 22.8 Å². The summed E-state index contributed by atoms with van der Waals surface area (Å²) in [5.41, 5.74) is 0.774. The molecule has 3 rings (SSSR count). The first-order valence-corrected chi connectivity index (χ1v) is 6.88. The van der Waals surface area contributed by atoms with Crippen LogP contribution in [0.25, 0.3) is 0 Å². The minimum absolute atomic E-state index is 0.318. The number of hydrogen-bond donors (Lipinski definition) is 2. The van der Waals surface area contributed by atoms with Gasteiger partial charge in [-0.3, -0.25) is 0 Å². The van der Waals surface area contributed by atoms with Crippen LogP contribution in [0.2, 0.25) is 0 Å². The van der Waals surface area contributed by atoms with Crippen LogP contribution >= 0.6 is 0 Å². The summed E-state index contributed by atoms with van der Waals surface area (Å²) in [5.74, 6) is 0.0231. The predicted octanol–water partition coefficient (Wildman–Crippen LogP) is 2.53. The minimum Gasteiger partial charge on any atom is -0.482 e. The molecule has 2 aromatic carbocycles. The van der Waals surface area contributed by atoms with Gasteiger partial charge in [0.05, 0.1) is 6.61 Å². The van der Waals surface area contributed by atoms with E-state index in [1.54, 1.807) is 19.1 Å². The van der Waals surface area contributed by atoms with Gasteiger partial charge in [0.15, 0.2) is 6.10 Å². The van der Waals surface area contributed by atoms with Gasteiger partial charge in [-0.25, -0.2) is 4.39 Å². The minimum atomic E-state index is -1.39. The maximum atomic E-state index is 13.6. The van der Waals surface area contributed by atoms with Crippen molar-refractivity contribution in [1.82, 2.24) is 0 Å². The summed E-state index contributed by atoms with van der Waals surface area (Å²) >= 11 is 0. The average molecular weight is 288 g/mol. The Kier molecular flexibility index (Phi) is 3.43. The molecule has 4 heteroatoms. The number of fused-ring (bicyclic) bond motifs is 1. The molecule has 21 heavy (non-hydrogen) atoms. The number of aliphatic hydroxyl groups is 2. The van der Waals surface area contributed by atoms with E-state index in [0.717, 1.165) is 11.1 Å². The Bertz CT molecular complexity index is 671. The maximum Gasteiger partial charge on any atom is 0.155 e. The van der Waals surface area contributed by atoms with E-state index >= 15 is 0 Å². The van der Waals surface area contributed by atoms with Gasteiger partial charge in [0.1, 0.15) is 17.2 Å². The standard InChI is InChI=1S/C17H17FO3/c1-11-14(18)7-4-8-15(11)21-16-13-6-3-2-5-12(13)9-17(16,20)10-19/h2-8,16,19-20H,9-10H2,1H3/t16-,17+/m0/s1. The lowest BCUT2D eigenvalue weighted by Gasteiger charge is -2.29. The van der Waals surface area contributed by atoms with Gasteiger partial charge >= 0.3 is 0 Å². The molecule has 0 heterocycles. The van der Waals surface area contributed by atoms with Crippen LogP contribution in [0.3, 0.4) is 0 Å². The molecule has 2 N–H and O–H groups in total. The van der Waals surface area contributed by atoms with Gasteiger partial charge in [-0.2, -0.15) is 0 Å². The molecule has 0 bridgehead atoms. The summed E-state index contributed by atoms with van der Waals surface area (Å²) in [7, 11) is 0.